The van der Waals surface area contributed by atoms with Gasteiger partial charge < -0.3 is 5.73 Å². The predicted molar refractivity (Wildman–Crippen MR) is 97.9 cm³/mol. The van der Waals surface area contributed by atoms with Crippen molar-refractivity contribution in [3.05, 3.63) is 58.3 Å². The third-order valence-corrected chi connectivity index (χ3v) is 5.71. The van der Waals surface area contributed by atoms with Gasteiger partial charge >= 0.3 is 0 Å². The zero-order valence-electron chi connectivity index (χ0n) is 15.6. The number of benzene rings is 1. The maximum Gasteiger partial charge on any atom is 0.204 e. The van der Waals surface area contributed by atoms with E-state index in [0.29, 0.717) is 24.2 Å². The van der Waals surface area contributed by atoms with Crippen LogP contribution >= 0.6 is 0 Å². The van der Waals surface area contributed by atoms with E-state index < -0.39 is 28.9 Å². The molecule has 7 heteroatoms. The van der Waals surface area contributed by atoms with Crippen molar-refractivity contribution in [2.75, 3.05) is 13.1 Å². The normalized spacial score (nSPS) is 24.0. The second-order valence-electron chi connectivity index (χ2n) is 7.38. The Bertz CT molecular complexity index is 989. The highest BCUT2D eigenvalue weighted by Gasteiger charge is 2.52. The Morgan fingerprint density at radius 1 is 1.18 bits per heavy atom. The lowest BCUT2D eigenvalue weighted by Gasteiger charge is -2.46. The quantitative estimate of drug-likeness (QED) is 0.796. The van der Waals surface area contributed by atoms with Crippen molar-refractivity contribution in [3.63, 3.8) is 0 Å². The summed E-state index contributed by atoms with van der Waals surface area (Å²) in [5.74, 6) is -3.10. The van der Waals surface area contributed by atoms with Crippen LogP contribution in [0.2, 0.25) is 0 Å². The monoisotopic (exact) mass is 379 g/mol. The van der Waals surface area contributed by atoms with Gasteiger partial charge in [0.1, 0.15) is 0 Å². The second kappa shape index (κ2) is 7.08. The third-order valence-electron chi connectivity index (χ3n) is 5.71. The molecule has 0 aromatic heterocycles. The maximum atomic E-state index is 13.9. The standard InChI is InChI=1S/C21H19F2N5/c1-12(2)28-6-5-16-15(9-28)19(13-3-4-17(22)18(23)7-13)14(8-24)20(27)21(16,10-25)11-26/h3-5,7,12,15,19H,6,9,27H2,1-2H3/t15-,19-/m0/s1. The van der Waals surface area contributed by atoms with Gasteiger partial charge in [0.15, 0.2) is 11.6 Å². The zero-order chi connectivity index (χ0) is 20.6. The Hall–Kier alpha value is -3.21. The van der Waals surface area contributed by atoms with Crippen molar-refractivity contribution in [1.29, 1.82) is 15.8 Å². The predicted octanol–water partition coefficient (Wildman–Crippen LogP) is 3.10. The van der Waals surface area contributed by atoms with E-state index in [1.54, 1.807) is 0 Å². The van der Waals surface area contributed by atoms with Gasteiger partial charge in [-0.25, -0.2) is 8.78 Å². The minimum atomic E-state index is -1.73. The van der Waals surface area contributed by atoms with Crippen molar-refractivity contribution < 1.29 is 8.78 Å². The van der Waals surface area contributed by atoms with Crippen LogP contribution in [0.15, 0.2) is 41.1 Å². The highest BCUT2D eigenvalue weighted by atomic mass is 19.2. The van der Waals surface area contributed by atoms with Crippen LogP contribution < -0.4 is 5.73 Å². The summed E-state index contributed by atoms with van der Waals surface area (Å²) in [5, 5.41) is 29.4. The van der Waals surface area contributed by atoms with E-state index in [1.807, 2.05) is 38.1 Å². The summed E-state index contributed by atoms with van der Waals surface area (Å²) >= 11 is 0. The number of hydrogen-bond donors (Lipinski definition) is 1. The number of allylic oxidation sites excluding steroid dienone is 2. The fourth-order valence-electron chi connectivity index (χ4n) is 4.17. The third kappa shape index (κ3) is 2.74. The number of fused-ring (bicyclic) bond motifs is 1. The molecule has 0 saturated carbocycles. The maximum absolute atomic E-state index is 13.9. The average molecular weight is 379 g/mol. The van der Waals surface area contributed by atoms with Gasteiger partial charge in [-0.1, -0.05) is 12.1 Å². The van der Waals surface area contributed by atoms with E-state index in [-0.39, 0.29) is 17.3 Å². The van der Waals surface area contributed by atoms with Crippen molar-refractivity contribution >= 4 is 0 Å². The molecule has 0 unspecified atom stereocenters. The highest BCUT2D eigenvalue weighted by molar-refractivity contribution is 5.58. The Labute approximate surface area is 162 Å². The topological polar surface area (TPSA) is 101 Å². The molecule has 0 spiro atoms. The largest absolute Gasteiger partial charge is 0.399 e. The van der Waals surface area contributed by atoms with Crippen LogP contribution in [0.25, 0.3) is 0 Å². The molecule has 0 radical (unpaired) electrons. The molecule has 142 valence electrons. The summed E-state index contributed by atoms with van der Waals surface area (Å²) in [4.78, 5) is 2.14. The highest BCUT2D eigenvalue weighted by Crippen LogP contribution is 2.52. The zero-order valence-corrected chi connectivity index (χ0v) is 15.6. The number of hydrogen-bond acceptors (Lipinski definition) is 5. The fraction of sp³-hybridized carbons (Fsp3) is 0.381. The second-order valence-corrected chi connectivity index (χ2v) is 7.38. The van der Waals surface area contributed by atoms with E-state index in [9.17, 15) is 24.6 Å². The fourth-order valence-corrected chi connectivity index (χ4v) is 4.17. The van der Waals surface area contributed by atoms with Gasteiger partial charge in [0.2, 0.25) is 5.41 Å². The Morgan fingerprint density at radius 2 is 1.86 bits per heavy atom. The average Bonchev–Trinajstić information content (AvgIpc) is 2.69. The number of rotatable bonds is 2. The van der Waals surface area contributed by atoms with Gasteiger partial charge in [-0.05, 0) is 37.1 Å². The molecule has 1 heterocycles. The minimum absolute atomic E-state index is 0.0573. The molecule has 0 amide bonds. The van der Waals surface area contributed by atoms with Gasteiger partial charge in [-0.15, -0.1) is 0 Å². The Balaban J connectivity index is 2.29. The molecule has 1 aromatic rings. The molecule has 2 N–H and O–H groups in total. The molecular formula is C21H19F2N5. The van der Waals surface area contributed by atoms with Crippen molar-refractivity contribution in [2.24, 2.45) is 17.1 Å². The SMILES string of the molecule is CC(C)N1CC=C2[C@H](C1)[C@@H](c1ccc(F)c(F)c1)C(C#N)=C(N)C2(C#N)C#N. The van der Waals surface area contributed by atoms with Crippen LogP contribution in [-0.2, 0) is 0 Å². The van der Waals surface area contributed by atoms with Crippen LogP contribution in [0.5, 0.6) is 0 Å². The van der Waals surface area contributed by atoms with Gasteiger partial charge in [-0.3, -0.25) is 4.90 Å². The smallest absolute Gasteiger partial charge is 0.204 e. The molecular weight excluding hydrogens is 360 g/mol. The molecule has 3 rings (SSSR count). The van der Waals surface area contributed by atoms with E-state index in [0.717, 1.165) is 12.1 Å². The first-order valence-corrected chi connectivity index (χ1v) is 8.93. The molecule has 0 saturated heterocycles. The lowest BCUT2D eigenvalue weighted by Crippen LogP contribution is -2.48. The van der Waals surface area contributed by atoms with E-state index in [1.165, 1.54) is 6.07 Å². The molecule has 1 aliphatic carbocycles. The number of halogens is 2. The molecule has 1 aliphatic heterocycles. The molecule has 28 heavy (non-hydrogen) atoms. The summed E-state index contributed by atoms with van der Waals surface area (Å²) < 4.78 is 27.4. The lowest BCUT2D eigenvalue weighted by molar-refractivity contribution is 0.186. The number of nitriles is 3. The van der Waals surface area contributed by atoms with Gasteiger partial charge in [0.25, 0.3) is 0 Å². The molecule has 2 aliphatic rings. The summed E-state index contributed by atoms with van der Waals surface area (Å²) in [5.41, 5.74) is 5.30. The van der Waals surface area contributed by atoms with Crippen LogP contribution in [0.4, 0.5) is 8.78 Å². The lowest BCUT2D eigenvalue weighted by atomic mass is 9.60. The van der Waals surface area contributed by atoms with E-state index in [2.05, 4.69) is 4.90 Å². The minimum Gasteiger partial charge on any atom is -0.399 e. The molecule has 1 aromatic carbocycles. The first-order chi connectivity index (χ1) is 13.3. The molecule has 0 bridgehead atoms. The first kappa shape index (κ1) is 19.5. The van der Waals surface area contributed by atoms with E-state index >= 15 is 0 Å². The van der Waals surface area contributed by atoms with Crippen LogP contribution in [0.3, 0.4) is 0 Å². The first-order valence-electron chi connectivity index (χ1n) is 8.93. The summed E-state index contributed by atoms with van der Waals surface area (Å²) in [6.45, 7) is 5.04. The summed E-state index contributed by atoms with van der Waals surface area (Å²) in [6.07, 6.45) is 1.81. The van der Waals surface area contributed by atoms with E-state index in [4.69, 9.17) is 5.73 Å². The number of nitrogens with zero attached hydrogens (tertiary/aromatic N) is 4. The summed E-state index contributed by atoms with van der Waals surface area (Å²) in [6, 6.07) is 9.71. The molecule has 5 nitrogen and oxygen atoms in total. The van der Waals surface area contributed by atoms with Crippen molar-refractivity contribution in [3.8, 4) is 18.2 Å². The van der Waals surface area contributed by atoms with Crippen molar-refractivity contribution in [2.45, 2.75) is 25.8 Å². The Kier molecular flexibility index (Phi) is 4.94. The Morgan fingerprint density at radius 3 is 2.39 bits per heavy atom. The van der Waals surface area contributed by atoms with Gasteiger partial charge in [0, 0.05) is 31.0 Å². The molecule has 0 fully saturated rings. The van der Waals surface area contributed by atoms with Crippen LogP contribution in [0.1, 0.15) is 25.3 Å². The number of nitrogens with two attached hydrogens (primary N) is 1. The van der Waals surface area contributed by atoms with Crippen molar-refractivity contribution in [1.82, 2.24) is 4.90 Å². The van der Waals surface area contributed by atoms with Gasteiger partial charge in [-0.2, -0.15) is 15.8 Å². The van der Waals surface area contributed by atoms with Gasteiger partial charge in [0.05, 0.1) is 29.5 Å². The van der Waals surface area contributed by atoms with Crippen LogP contribution in [-0.4, -0.2) is 24.0 Å². The summed E-state index contributed by atoms with van der Waals surface area (Å²) in [7, 11) is 0. The van der Waals surface area contributed by atoms with Crippen LogP contribution in [0, 0.1) is 57.0 Å². The molecule has 2 atom stereocenters.